The number of ether oxygens (including phenoxy) is 2. The third kappa shape index (κ3) is 14.5. The zero-order valence-corrected chi connectivity index (χ0v) is 26.9. The molecular weight excluding hydrogens is 491 g/mol. The van der Waals surface area contributed by atoms with E-state index in [1.807, 2.05) is 0 Å². The Morgan fingerprint density at radius 1 is 0.645 bits per heavy atom. The molecule has 0 atom stereocenters. The molecule has 0 amide bonds. The van der Waals surface area contributed by atoms with E-state index in [4.69, 9.17) is 19.4 Å². The third-order valence-corrected chi connectivity index (χ3v) is 8.16. The zero-order chi connectivity index (χ0) is 22.6. The van der Waals surface area contributed by atoms with Crippen molar-refractivity contribution in [1.29, 1.82) is 0 Å². The van der Waals surface area contributed by atoms with Crippen LogP contribution in [0.3, 0.4) is 0 Å². The average molecular weight is 541 g/mol. The average Bonchev–Trinajstić information content (AvgIpc) is 2.83. The van der Waals surface area contributed by atoms with Crippen molar-refractivity contribution in [2.75, 3.05) is 26.4 Å². The second-order valence-corrected chi connectivity index (χ2v) is 11.5. The van der Waals surface area contributed by atoms with Crippen LogP contribution in [0.25, 0.3) is 0 Å². The van der Waals surface area contributed by atoms with E-state index in [0.717, 1.165) is 45.1 Å². The molecule has 3 heterocycles. The van der Waals surface area contributed by atoms with Crippen molar-refractivity contribution < 1.29 is 9.47 Å². The van der Waals surface area contributed by atoms with Gasteiger partial charge in [0.15, 0.2) is 0 Å². The van der Waals surface area contributed by atoms with Gasteiger partial charge in [0.2, 0.25) is 0 Å². The fourth-order valence-electron chi connectivity index (χ4n) is 3.77. The number of hydrogen-bond acceptors (Lipinski definition) is 4. The van der Waals surface area contributed by atoms with E-state index in [2.05, 4.69) is 20.8 Å². The second kappa shape index (κ2) is 20.4. The van der Waals surface area contributed by atoms with Gasteiger partial charge in [-0.2, -0.15) is 0 Å². The normalized spacial score (nSPS) is 16.1. The summed E-state index contributed by atoms with van der Waals surface area (Å²) >= 11 is 0.488. The second-order valence-electron chi connectivity index (χ2n) is 8.81. The van der Waals surface area contributed by atoms with Gasteiger partial charge < -0.3 is 9.47 Å². The van der Waals surface area contributed by atoms with Gasteiger partial charge >= 0.3 is 132 Å². The van der Waals surface area contributed by atoms with Crippen LogP contribution in [0.5, 0.6) is 0 Å². The van der Waals surface area contributed by atoms with Crippen LogP contribution in [0.15, 0.2) is 0 Å². The van der Waals surface area contributed by atoms with Gasteiger partial charge in [0.1, 0.15) is 0 Å². The maximum absolute atomic E-state index is 5.07. The van der Waals surface area contributed by atoms with Gasteiger partial charge in [-0.15, -0.1) is 0 Å². The van der Waals surface area contributed by atoms with E-state index in [9.17, 15) is 0 Å². The van der Waals surface area contributed by atoms with Crippen LogP contribution in [0, 0.1) is 0 Å². The Kier molecular flexibility index (Phi) is 19.0. The number of aryl methyl sites for hydroxylation is 2. The summed E-state index contributed by atoms with van der Waals surface area (Å²) in [5, 5.41) is 0. The van der Waals surface area contributed by atoms with Crippen LogP contribution in [0.4, 0.5) is 0 Å². The van der Waals surface area contributed by atoms with Gasteiger partial charge in [-0.25, -0.2) is 0 Å². The number of hydrogen-bond donors (Lipinski definition) is 0. The van der Waals surface area contributed by atoms with Crippen LogP contribution < -0.4 is 3.71 Å². The number of unbranched alkanes of at least 4 members (excludes halogenated alkanes) is 3. The summed E-state index contributed by atoms with van der Waals surface area (Å²) in [6.45, 7) is 10.8. The third-order valence-electron chi connectivity index (χ3n) is 5.80. The fraction of sp³-hybridized carbons (Fsp3) is 0.846. The van der Waals surface area contributed by atoms with Gasteiger partial charge in [0, 0.05) is 26.4 Å². The van der Waals surface area contributed by atoms with Gasteiger partial charge in [0.25, 0.3) is 0 Å². The summed E-state index contributed by atoms with van der Waals surface area (Å²) in [5.41, 5.74) is 2.90. The van der Waals surface area contributed by atoms with E-state index in [1.54, 1.807) is 0 Å². The number of rotatable bonds is 9. The van der Waals surface area contributed by atoms with Gasteiger partial charge in [-0.3, -0.25) is 0 Å². The molecule has 0 N–H and O–H groups in total. The molecule has 31 heavy (non-hydrogen) atoms. The molecule has 0 unspecified atom stereocenters. The Morgan fingerprint density at radius 2 is 1.13 bits per heavy atom. The number of nitrogens with zero attached hydrogens (tertiary/aromatic N) is 2. The van der Waals surface area contributed by atoms with Crippen LogP contribution in [0.1, 0.15) is 115 Å². The van der Waals surface area contributed by atoms with Gasteiger partial charge in [-0.05, 0) is 38.5 Å². The van der Waals surface area contributed by atoms with Crippen molar-refractivity contribution in [3.8, 4) is 0 Å². The Morgan fingerprint density at radius 3 is 1.55 bits per heavy atom. The topological polar surface area (TPSA) is 44.2 Å². The van der Waals surface area contributed by atoms with Crippen molar-refractivity contribution >= 4 is 26.2 Å². The predicted octanol–water partition coefficient (Wildman–Crippen LogP) is 4.87. The molecule has 2 saturated heterocycles. The SMILES string of the molecule is C1CCOCC1.C1CCOCC1.CCCCc1n[c]([SnH3])c(CCCC)c(CCCC)n1. The molecule has 180 valence electrons. The maximum atomic E-state index is 5.07. The molecule has 3 rings (SSSR count). The molecule has 0 radical (unpaired) electrons. The van der Waals surface area contributed by atoms with Gasteiger partial charge in [0.05, 0.1) is 0 Å². The van der Waals surface area contributed by atoms with Crippen LogP contribution in [0.2, 0.25) is 0 Å². The first kappa shape index (κ1) is 28.8. The standard InChI is InChI=1S/C16H27N2.2C5H10O.Sn.3H/c1-4-7-10-14-13-17-16(12-9-6-3)18-15(14)11-8-5-2;2*1-2-4-6-5-3-1;;;;/h4-12H2,1-3H3;2*1-5H2;;;;. The van der Waals surface area contributed by atoms with E-state index < -0.39 is 0 Å². The molecular formula is C26H50N2O2Sn. The summed E-state index contributed by atoms with van der Waals surface area (Å²) in [5.74, 6) is 1.11. The fourth-order valence-corrected chi connectivity index (χ4v) is 6.04. The predicted molar refractivity (Wildman–Crippen MR) is 137 cm³/mol. The Bertz CT molecular complexity index is 511. The van der Waals surface area contributed by atoms with Gasteiger partial charge in [-0.1, -0.05) is 0 Å². The molecule has 2 aliphatic heterocycles. The van der Waals surface area contributed by atoms with E-state index >= 15 is 0 Å². The Labute approximate surface area is 205 Å². The molecule has 5 heteroatoms. The summed E-state index contributed by atoms with van der Waals surface area (Å²) in [6, 6.07) is 0. The molecule has 1 aromatic rings. The van der Waals surface area contributed by atoms with Crippen molar-refractivity contribution in [2.24, 2.45) is 0 Å². The van der Waals surface area contributed by atoms with Crippen molar-refractivity contribution in [2.45, 2.75) is 117 Å². The Balaban J connectivity index is 0.000000320. The summed E-state index contributed by atoms with van der Waals surface area (Å²) in [4.78, 5) is 9.70. The van der Waals surface area contributed by atoms with Crippen molar-refractivity contribution in [3.63, 3.8) is 0 Å². The molecule has 1 aromatic heterocycles. The summed E-state index contributed by atoms with van der Waals surface area (Å²) < 4.78 is 11.6. The molecule has 0 bridgehead atoms. The number of aromatic nitrogens is 2. The first-order valence-corrected chi connectivity index (χ1v) is 16.1. The molecule has 0 aliphatic carbocycles. The first-order chi connectivity index (χ1) is 15.2. The molecule has 0 aromatic carbocycles. The minimum atomic E-state index is 0.488. The van der Waals surface area contributed by atoms with E-state index in [1.165, 1.54) is 98.4 Å². The summed E-state index contributed by atoms with van der Waals surface area (Å²) in [6.07, 6.45) is 18.8. The molecule has 2 fully saturated rings. The van der Waals surface area contributed by atoms with Crippen LogP contribution >= 0.6 is 0 Å². The zero-order valence-electron chi connectivity index (χ0n) is 21.1. The first-order valence-electron chi connectivity index (χ1n) is 13.2. The van der Waals surface area contributed by atoms with Crippen LogP contribution in [-0.4, -0.2) is 58.9 Å². The Hall–Kier alpha value is -0.201. The quantitative estimate of drug-likeness (QED) is 0.419. The molecule has 0 spiro atoms. The van der Waals surface area contributed by atoms with E-state index in [0.29, 0.717) is 22.5 Å². The molecule has 4 nitrogen and oxygen atoms in total. The molecule has 2 aliphatic rings. The van der Waals surface area contributed by atoms with Crippen LogP contribution in [-0.2, 0) is 28.7 Å². The van der Waals surface area contributed by atoms with Crippen molar-refractivity contribution in [1.82, 2.24) is 9.97 Å². The van der Waals surface area contributed by atoms with Crippen molar-refractivity contribution in [3.05, 3.63) is 17.1 Å². The molecule has 0 saturated carbocycles. The van der Waals surface area contributed by atoms with E-state index in [-0.39, 0.29) is 0 Å². The minimum absolute atomic E-state index is 0.488. The monoisotopic (exact) mass is 542 g/mol. The summed E-state index contributed by atoms with van der Waals surface area (Å²) in [7, 11) is 0.